The summed E-state index contributed by atoms with van der Waals surface area (Å²) in [5.74, 6) is 1.76. The molecule has 0 radical (unpaired) electrons. The average Bonchev–Trinajstić information content (AvgIpc) is 2.61. The van der Waals surface area contributed by atoms with Gasteiger partial charge in [-0.15, -0.1) is 0 Å². The van der Waals surface area contributed by atoms with Crippen LogP contribution >= 0.6 is 0 Å². The summed E-state index contributed by atoms with van der Waals surface area (Å²) in [6.07, 6.45) is 0. The first-order valence-corrected chi connectivity index (χ1v) is 10.1. The van der Waals surface area contributed by atoms with Crippen molar-refractivity contribution in [3.63, 3.8) is 0 Å². The maximum absolute atomic E-state index is 4.69. The highest BCUT2D eigenvalue weighted by Gasteiger charge is 2.13. The van der Waals surface area contributed by atoms with Crippen LogP contribution < -0.4 is 0 Å². The largest absolute Gasteiger partial charge is 0.187 e. The van der Waals surface area contributed by atoms with Crippen molar-refractivity contribution < 1.29 is 0 Å². The van der Waals surface area contributed by atoms with Crippen LogP contribution in [0.2, 0.25) is 0 Å². The van der Waals surface area contributed by atoms with Crippen LogP contribution in [0.4, 0.5) is 11.4 Å². The van der Waals surface area contributed by atoms with Crippen LogP contribution in [0.25, 0.3) is 0 Å². The summed E-state index contributed by atoms with van der Waals surface area (Å²) in [6.45, 7) is 17.7. The lowest BCUT2D eigenvalue weighted by Gasteiger charge is -2.15. The third kappa shape index (κ3) is 5.17. The van der Waals surface area contributed by atoms with Gasteiger partial charge in [-0.1, -0.05) is 85.7 Å². The molecule has 0 heterocycles. The molecule has 0 saturated heterocycles. The Morgan fingerprint density at radius 1 is 0.630 bits per heavy atom. The van der Waals surface area contributed by atoms with Crippen molar-refractivity contribution in [2.45, 2.75) is 79.1 Å². The summed E-state index contributed by atoms with van der Waals surface area (Å²) in [5.41, 5.74) is 7.10. The van der Waals surface area contributed by atoms with Gasteiger partial charge in [-0.25, -0.2) is 0 Å². The first-order chi connectivity index (χ1) is 12.7. The Kier molecular flexibility index (Phi) is 7.16. The molecule has 0 aliphatic heterocycles. The quantitative estimate of drug-likeness (QED) is 0.461. The summed E-state index contributed by atoms with van der Waals surface area (Å²) in [4.78, 5) is 9.29. The number of aliphatic imine (C=N–C) groups is 2. The van der Waals surface area contributed by atoms with Crippen LogP contribution in [0.3, 0.4) is 0 Å². The molecule has 2 rings (SSSR count). The zero-order chi connectivity index (χ0) is 20.1. The molecule has 0 saturated carbocycles. The second kappa shape index (κ2) is 9.15. The van der Waals surface area contributed by atoms with E-state index in [1.165, 1.54) is 22.3 Å². The number of hydrogen-bond donors (Lipinski definition) is 0. The van der Waals surface area contributed by atoms with Crippen molar-refractivity contribution in [1.29, 1.82) is 0 Å². The Morgan fingerprint density at radius 2 is 1.19 bits per heavy atom. The van der Waals surface area contributed by atoms with Gasteiger partial charge in [0.1, 0.15) is 6.01 Å². The van der Waals surface area contributed by atoms with Crippen molar-refractivity contribution in [2.24, 2.45) is 9.98 Å². The van der Waals surface area contributed by atoms with Gasteiger partial charge in [0.25, 0.3) is 0 Å². The molecule has 0 aromatic heterocycles. The van der Waals surface area contributed by atoms with Gasteiger partial charge in [0.2, 0.25) is 0 Å². The molecule has 0 aliphatic carbocycles. The zero-order valence-corrected chi connectivity index (χ0v) is 18.2. The van der Waals surface area contributed by atoms with E-state index in [4.69, 9.17) is 0 Å². The minimum absolute atomic E-state index is 0.415. The lowest BCUT2D eigenvalue weighted by Crippen LogP contribution is -1.95. The van der Waals surface area contributed by atoms with E-state index in [2.05, 4.69) is 108 Å². The molecule has 2 aromatic rings. The van der Waals surface area contributed by atoms with Crippen LogP contribution in [-0.2, 0) is 0 Å². The molecule has 0 amide bonds. The summed E-state index contributed by atoms with van der Waals surface area (Å²) in [7, 11) is 0. The summed E-state index contributed by atoms with van der Waals surface area (Å²) < 4.78 is 0. The van der Waals surface area contributed by atoms with Crippen molar-refractivity contribution >= 4 is 17.4 Å². The van der Waals surface area contributed by atoms with E-state index in [9.17, 15) is 0 Å². The average molecular weight is 363 g/mol. The Balaban J connectivity index is 2.51. The molecular formula is C25H34N2. The van der Waals surface area contributed by atoms with Gasteiger partial charge in [-0.2, -0.15) is 9.98 Å². The van der Waals surface area contributed by atoms with E-state index in [0.717, 1.165) is 11.4 Å². The third-order valence-electron chi connectivity index (χ3n) is 5.01. The Morgan fingerprint density at radius 3 is 1.67 bits per heavy atom. The van der Waals surface area contributed by atoms with E-state index in [1.807, 2.05) is 0 Å². The molecule has 0 bridgehead atoms. The smallest absolute Gasteiger partial charge is 0.101 e. The fourth-order valence-corrected chi connectivity index (χ4v) is 3.27. The molecule has 144 valence electrons. The molecule has 0 unspecified atom stereocenters. The molecular weight excluding hydrogens is 328 g/mol. The standard InChI is InChI=1S/C25H34N2/c1-16(2)20-12-13-24(23(14-20)19(7)8)26-15-27-25-21(17(3)4)10-9-11-22(25)18(5)6/h9-14,16-19H,1-8H3. The number of benzene rings is 2. The Hall–Kier alpha value is -2.18. The van der Waals surface area contributed by atoms with Crippen LogP contribution in [0.15, 0.2) is 46.4 Å². The van der Waals surface area contributed by atoms with Crippen LogP contribution in [0.1, 0.15) is 101 Å². The topological polar surface area (TPSA) is 24.7 Å². The van der Waals surface area contributed by atoms with Gasteiger partial charge < -0.3 is 0 Å². The normalized spacial score (nSPS) is 11.4. The monoisotopic (exact) mass is 362 g/mol. The predicted molar refractivity (Wildman–Crippen MR) is 118 cm³/mol. The van der Waals surface area contributed by atoms with Gasteiger partial charge >= 0.3 is 0 Å². The van der Waals surface area contributed by atoms with Crippen LogP contribution in [0, 0.1) is 0 Å². The minimum Gasteiger partial charge on any atom is -0.187 e. The predicted octanol–water partition coefficient (Wildman–Crippen LogP) is 8.32. The fourth-order valence-electron chi connectivity index (χ4n) is 3.27. The summed E-state index contributed by atoms with van der Waals surface area (Å²) in [6, 6.07) is 16.0. The molecule has 0 atom stereocenters. The molecule has 27 heavy (non-hydrogen) atoms. The van der Waals surface area contributed by atoms with Gasteiger partial charge in [0, 0.05) is 0 Å². The maximum Gasteiger partial charge on any atom is 0.101 e. The lowest BCUT2D eigenvalue weighted by atomic mass is 9.93. The molecule has 0 fully saturated rings. The molecule has 0 aliphatic rings. The Labute approximate surface area is 165 Å². The molecule has 2 aromatic carbocycles. The van der Waals surface area contributed by atoms with E-state index >= 15 is 0 Å². The lowest BCUT2D eigenvalue weighted by molar-refractivity contribution is 0.834. The van der Waals surface area contributed by atoms with E-state index < -0.39 is 0 Å². The van der Waals surface area contributed by atoms with Crippen molar-refractivity contribution in [2.75, 3.05) is 0 Å². The SMILES string of the molecule is CC(C)c1ccc(N=C=Nc2c(C(C)C)cccc2C(C)C)c(C(C)C)c1. The third-order valence-corrected chi connectivity index (χ3v) is 5.01. The van der Waals surface area contributed by atoms with Crippen LogP contribution in [-0.4, -0.2) is 6.01 Å². The first-order valence-electron chi connectivity index (χ1n) is 10.1. The van der Waals surface area contributed by atoms with Crippen molar-refractivity contribution in [1.82, 2.24) is 0 Å². The highest BCUT2D eigenvalue weighted by molar-refractivity contribution is 5.65. The Bertz CT molecular complexity index is 809. The molecule has 0 N–H and O–H groups in total. The van der Waals surface area contributed by atoms with E-state index in [-0.39, 0.29) is 0 Å². The number of hydrogen-bond acceptors (Lipinski definition) is 2. The molecule has 2 nitrogen and oxygen atoms in total. The number of para-hydroxylation sites is 1. The van der Waals surface area contributed by atoms with Gasteiger partial charge in [0.15, 0.2) is 0 Å². The first kappa shape index (κ1) is 21.1. The molecule has 0 spiro atoms. The van der Waals surface area contributed by atoms with Crippen LogP contribution in [0.5, 0.6) is 0 Å². The van der Waals surface area contributed by atoms with E-state index in [0.29, 0.717) is 23.7 Å². The van der Waals surface area contributed by atoms with Gasteiger partial charge in [-0.05, 0) is 52.0 Å². The maximum atomic E-state index is 4.69. The van der Waals surface area contributed by atoms with Gasteiger partial charge in [0.05, 0.1) is 11.4 Å². The zero-order valence-electron chi connectivity index (χ0n) is 18.2. The number of rotatable bonds is 6. The van der Waals surface area contributed by atoms with Crippen molar-refractivity contribution in [3.8, 4) is 0 Å². The summed E-state index contributed by atoms with van der Waals surface area (Å²) >= 11 is 0. The minimum atomic E-state index is 0.415. The summed E-state index contributed by atoms with van der Waals surface area (Å²) in [5, 5.41) is 0. The second-order valence-corrected chi connectivity index (χ2v) is 8.55. The highest BCUT2D eigenvalue weighted by atomic mass is 14.8. The van der Waals surface area contributed by atoms with E-state index in [1.54, 1.807) is 0 Å². The van der Waals surface area contributed by atoms with Crippen molar-refractivity contribution in [3.05, 3.63) is 58.7 Å². The fraction of sp³-hybridized carbons (Fsp3) is 0.480. The molecule has 2 heteroatoms. The number of nitrogens with zero attached hydrogens (tertiary/aromatic N) is 2. The highest BCUT2D eigenvalue weighted by Crippen LogP contribution is 2.35. The second-order valence-electron chi connectivity index (χ2n) is 8.55. The van der Waals surface area contributed by atoms with Gasteiger partial charge in [-0.3, -0.25) is 0 Å².